The molecule has 2 heteroatoms. The molecule has 0 heterocycles. The first-order valence-corrected chi connectivity index (χ1v) is 8.27. The number of hydrogen-bond donors (Lipinski definition) is 0. The molecule has 0 aromatic carbocycles. The summed E-state index contributed by atoms with van der Waals surface area (Å²) in [5, 5.41) is 0. The van der Waals surface area contributed by atoms with Gasteiger partial charge in [0, 0.05) is 16.7 Å². The van der Waals surface area contributed by atoms with Gasteiger partial charge in [0.25, 0.3) is 0 Å². The maximum Gasteiger partial charge on any atom is 0.119 e. The largest absolute Gasteiger partial charge is 0.303 e. The number of carbonyl (C=O) groups is 1. The van der Waals surface area contributed by atoms with Crippen molar-refractivity contribution >= 4 is 16.5 Å². The van der Waals surface area contributed by atoms with E-state index in [4.69, 9.17) is 0 Å². The zero-order valence-electron chi connectivity index (χ0n) is 10.5. The highest BCUT2D eigenvalue weighted by molar-refractivity contribution is 6.08. The minimum atomic E-state index is 0.764. The molecule has 0 fully saturated rings. The van der Waals surface area contributed by atoms with Crippen LogP contribution >= 0.6 is 0 Å². The van der Waals surface area contributed by atoms with Gasteiger partial charge in [0.1, 0.15) is 6.29 Å². The Labute approximate surface area is 98.5 Å². The second-order valence-electron chi connectivity index (χ2n) is 4.49. The summed E-state index contributed by atoms with van der Waals surface area (Å²) in [6.07, 6.45) is 15.5. The van der Waals surface area contributed by atoms with Crippen LogP contribution in [0, 0.1) is 0 Å². The van der Waals surface area contributed by atoms with Crippen LogP contribution in [0.5, 0.6) is 0 Å². The first kappa shape index (κ1) is 14.9. The van der Waals surface area contributed by atoms with Crippen molar-refractivity contribution in [2.75, 3.05) is 0 Å². The first-order valence-electron chi connectivity index (χ1n) is 6.85. The minimum Gasteiger partial charge on any atom is -0.303 e. The zero-order chi connectivity index (χ0) is 11.2. The Hall–Kier alpha value is -0.113. The predicted molar refractivity (Wildman–Crippen MR) is 71.6 cm³/mol. The zero-order valence-corrected chi connectivity index (χ0v) is 12.5. The van der Waals surface area contributed by atoms with Gasteiger partial charge >= 0.3 is 0 Å². The van der Waals surface area contributed by atoms with Crippen LogP contribution in [0.4, 0.5) is 0 Å². The summed E-state index contributed by atoms with van der Waals surface area (Å²) >= 11 is 0. The SMILES string of the molecule is O=CCCCCCCCCCCCC[SiH3]. The highest BCUT2D eigenvalue weighted by Gasteiger charge is 1.92. The van der Waals surface area contributed by atoms with E-state index in [-0.39, 0.29) is 0 Å². The first-order chi connectivity index (χ1) is 7.41. The lowest BCUT2D eigenvalue weighted by molar-refractivity contribution is -0.107. The second kappa shape index (κ2) is 13.9. The van der Waals surface area contributed by atoms with Crippen molar-refractivity contribution in [2.45, 2.75) is 76.7 Å². The van der Waals surface area contributed by atoms with E-state index in [9.17, 15) is 4.79 Å². The van der Waals surface area contributed by atoms with Crippen molar-refractivity contribution in [3.63, 3.8) is 0 Å². The van der Waals surface area contributed by atoms with Crippen molar-refractivity contribution < 1.29 is 4.79 Å². The molecule has 0 aliphatic rings. The van der Waals surface area contributed by atoms with Crippen LogP contribution in [-0.4, -0.2) is 16.5 Å². The molecule has 0 spiro atoms. The van der Waals surface area contributed by atoms with E-state index in [0.717, 1.165) is 19.1 Å². The van der Waals surface area contributed by atoms with Crippen LogP contribution in [-0.2, 0) is 4.79 Å². The summed E-state index contributed by atoms with van der Waals surface area (Å²) in [6, 6.07) is 1.48. The van der Waals surface area contributed by atoms with E-state index >= 15 is 0 Å². The van der Waals surface area contributed by atoms with Crippen LogP contribution in [0.3, 0.4) is 0 Å². The number of hydrogen-bond acceptors (Lipinski definition) is 1. The van der Waals surface area contributed by atoms with Gasteiger partial charge in [-0.3, -0.25) is 0 Å². The standard InChI is InChI=1S/C13H28OSi/c14-12-10-8-6-4-2-1-3-5-7-9-11-13-15/h12H,1-11,13H2,15H3. The number of carbonyl (C=O) groups excluding carboxylic acids is 1. The molecular weight excluding hydrogens is 200 g/mol. The minimum absolute atomic E-state index is 0.764. The van der Waals surface area contributed by atoms with E-state index in [1.54, 1.807) is 0 Å². The molecule has 0 bridgehead atoms. The lowest BCUT2D eigenvalue weighted by Crippen LogP contribution is -1.82. The summed E-state index contributed by atoms with van der Waals surface area (Å²) in [5.41, 5.74) is 0. The maximum atomic E-state index is 10.1. The molecule has 0 amide bonds. The average Bonchev–Trinajstić information content (AvgIpc) is 2.26. The second-order valence-corrected chi connectivity index (χ2v) is 5.49. The van der Waals surface area contributed by atoms with Crippen molar-refractivity contribution in [1.29, 1.82) is 0 Å². The molecule has 15 heavy (non-hydrogen) atoms. The molecule has 0 atom stereocenters. The third-order valence-corrected chi connectivity index (χ3v) is 3.63. The molecule has 0 unspecified atom stereocenters. The molecule has 0 aliphatic heterocycles. The Morgan fingerprint density at radius 1 is 0.667 bits per heavy atom. The van der Waals surface area contributed by atoms with Crippen molar-refractivity contribution in [1.82, 2.24) is 0 Å². The van der Waals surface area contributed by atoms with Gasteiger partial charge in [0.05, 0.1) is 0 Å². The molecule has 0 saturated carbocycles. The van der Waals surface area contributed by atoms with Gasteiger partial charge in [0.2, 0.25) is 0 Å². The Balaban J connectivity index is 2.83. The van der Waals surface area contributed by atoms with Crippen LogP contribution in [0.1, 0.15) is 70.6 Å². The summed E-state index contributed by atoms with van der Waals surface area (Å²) in [4.78, 5) is 10.1. The topological polar surface area (TPSA) is 17.1 Å². The highest BCUT2D eigenvalue weighted by Crippen LogP contribution is 2.11. The summed E-state index contributed by atoms with van der Waals surface area (Å²) in [7, 11) is 1.39. The average molecular weight is 228 g/mol. The molecule has 0 rings (SSSR count). The van der Waals surface area contributed by atoms with Crippen LogP contribution in [0.25, 0.3) is 0 Å². The smallest absolute Gasteiger partial charge is 0.119 e. The molecule has 0 radical (unpaired) electrons. The predicted octanol–water partition coefficient (Wildman–Crippen LogP) is 3.26. The normalized spacial score (nSPS) is 10.7. The molecule has 90 valence electrons. The third kappa shape index (κ3) is 13.9. The molecule has 0 aliphatic carbocycles. The van der Waals surface area contributed by atoms with Crippen molar-refractivity contribution in [3.05, 3.63) is 0 Å². The summed E-state index contributed by atoms with van der Waals surface area (Å²) in [6.45, 7) is 0. The fourth-order valence-corrected chi connectivity index (χ4v) is 2.39. The van der Waals surface area contributed by atoms with Gasteiger partial charge in [-0.2, -0.15) is 0 Å². The molecule has 0 aromatic rings. The number of unbranched alkanes of at least 4 members (excludes halogenated alkanes) is 10. The van der Waals surface area contributed by atoms with Gasteiger partial charge < -0.3 is 4.79 Å². The Bertz CT molecular complexity index is 126. The lowest BCUT2D eigenvalue weighted by Gasteiger charge is -2.01. The fraction of sp³-hybridized carbons (Fsp3) is 0.923. The number of aldehydes is 1. The van der Waals surface area contributed by atoms with E-state index in [0.29, 0.717) is 0 Å². The fourth-order valence-electron chi connectivity index (χ4n) is 1.89. The monoisotopic (exact) mass is 228 g/mol. The van der Waals surface area contributed by atoms with E-state index < -0.39 is 0 Å². The third-order valence-electron chi connectivity index (χ3n) is 2.93. The van der Waals surface area contributed by atoms with Crippen molar-refractivity contribution in [2.24, 2.45) is 0 Å². The van der Waals surface area contributed by atoms with Gasteiger partial charge in [0.15, 0.2) is 0 Å². The highest BCUT2D eigenvalue weighted by atomic mass is 28.1. The van der Waals surface area contributed by atoms with Gasteiger partial charge in [-0.25, -0.2) is 0 Å². The van der Waals surface area contributed by atoms with Crippen LogP contribution < -0.4 is 0 Å². The van der Waals surface area contributed by atoms with Gasteiger partial charge in [-0.05, 0) is 6.42 Å². The Kier molecular flexibility index (Phi) is 13.8. The molecule has 0 N–H and O–H groups in total. The Morgan fingerprint density at radius 3 is 1.47 bits per heavy atom. The molecule has 1 nitrogen and oxygen atoms in total. The summed E-state index contributed by atoms with van der Waals surface area (Å²) in [5.74, 6) is 0. The Morgan fingerprint density at radius 2 is 1.07 bits per heavy atom. The summed E-state index contributed by atoms with van der Waals surface area (Å²) < 4.78 is 0. The van der Waals surface area contributed by atoms with Gasteiger partial charge in [-0.15, -0.1) is 0 Å². The van der Waals surface area contributed by atoms with Crippen LogP contribution in [0.2, 0.25) is 6.04 Å². The maximum absolute atomic E-state index is 10.1. The molecular formula is C13H28OSi. The van der Waals surface area contributed by atoms with E-state index in [1.807, 2.05) is 0 Å². The number of rotatable bonds is 12. The van der Waals surface area contributed by atoms with Crippen LogP contribution in [0.15, 0.2) is 0 Å². The van der Waals surface area contributed by atoms with Gasteiger partial charge in [-0.1, -0.05) is 63.8 Å². The van der Waals surface area contributed by atoms with Crippen molar-refractivity contribution in [3.8, 4) is 0 Å². The lowest BCUT2D eigenvalue weighted by atomic mass is 10.1. The molecule has 0 aromatic heterocycles. The quantitative estimate of drug-likeness (QED) is 0.285. The van der Waals surface area contributed by atoms with E-state index in [1.165, 1.54) is 74.1 Å². The molecule has 0 saturated heterocycles. The van der Waals surface area contributed by atoms with E-state index in [2.05, 4.69) is 0 Å².